The molecular weight excluding hydrogens is 295 g/mol. The molecule has 0 saturated carbocycles. The second kappa shape index (κ2) is 4.97. The highest BCUT2D eigenvalue weighted by Gasteiger charge is 2.48. The zero-order chi connectivity index (χ0) is 16.1. The Hall–Kier alpha value is -2.11. The minimum atomic E-state index is -4.51. The van der Waals surface area contributed by atoms with Gasteiger partial charge in [0.2, 0.25) is 11.8 Å². The van der Waals surface area contributed by atoms with Gasteiger partial charge in [-0.1, -0.05) is 17.7 Å². The Labute approximate surface area is 125 Å². The number of amides is 2. The molecule has 0 spiro atoms. The number of alkyl halides is 3. The van der Waals surface area contributed by atoms with Crippen LogP contribution in [0.4, 0.5) is 18.9 Å². The van der Waals surface area contributed by atoms with Gasteiger partial charge in [-0.3, -0.25) is 14.5 Å². The highest BCUT2D eigenvalue weighted by atomic mass is 19.4. The van der Waals surface area contributed by atoms with Gasteiger partial charge in [-0.15, -0.1) is 0 Å². The third-order valence-electron chi connectivity index (χ3n) is 4.25. The number of anilines is 1. The fraction of sp³-hybridized carbons (Fsp3) is 0.375. The van der Waals surface area contributed by atoms with E-state index in [0.717, 1.165) is 22.6 Å². The van der Waals surface area contributed by atoms with Crippen molar-refractivity contribution in [3.05, 3.63) is 41.5 Å². The first-order valence-corrected chi connectivity index (χ1v) is 7.00. The van der Waals surface area contributed by atoms with Crippen molar-refractivity contribution < 1.29 is 22.8 Å². The number of carbonyl (C=O) groups is 2. The molecule has 1 aliphatic heterocycles. The molecule has 3 rings (SSSR count). The van der Waals surface area contributed by atoms with Crippen molar-refractivity contribution in [2.45, 2.75) is 25.9 Å². The predicted molar refractivity (Wildman–Crippen MR) is 73.9 cm³/mol. The third kappa shape index (κ3) is 2.32. The molecule has 116 valence electrons. The number of rotatable bonds is 1. The van der Waals surface area contributed by atoms with Crippen molar-refractivity contribution >= 4 is 17.5 Å². The van der Waals surface area contributed by atoms with Gasteiger partial charge in [-0.05, 0) is 38.0 Å². The maximum atomic E-state index is 12.8. The molecule has 6 heteroatoms. The molecule has 0 aromatic heterocycles. The van der Waals surface area contributed by atoms with Crippen molar-refractivity contribution in [3.63, 3.8) is 0 Å². The van der Waals surface area contributed by atoms with Crippen LogP contribution in [-0.2, 0) is 15.8 Å². The smallest absolute Gasteiger partial charge is 0.274 e. The molecule has 2 aliphatic rings. The summed E-state index contributed by atoms with van der Waals surface area (Å²) in [5.74, 6) is -1.71. The maximum Gasteiger partial charge on any atom is 0.416 e. The summed E-state index contributed by atoms with van der Waals surface area (Å²) in [5.41, 5.74) is 0.167. The first-order chi connectivity index (χ1) is 10.3. The number of halogens is 3. The summed E-state index contributed by atoms with van der Waals surface area (Å²) in [6.45, 7) is 1.89. The van der Waals surface area contributed by atoms with Crippen LogP contribution in [0.15, 0.2) is 35.9 Å². The highest BCUT2D eigenvalue weighted by molar-refractivity contribution is 6.22. The van der Waals surface area contributed by atoms with Crippen molar-refractivity contribution in [2.24, 2.45) is 11.8 Å². The van der Waals surface area contributed by atoms with E-state index in [1.807, 2.05) is 13.0 Å². The summed E-state index contributed by atoms with van der Waals surface area (Å²) in [4.78, 5) is 25.8. The molecule has 1 aromatic rings. The van der Waals surface area contributed by atoms with Gasteiger partial charge in [-0.2, -0.15) is 13.2 Å². The number of allylic oxidation sites excluding steroid dienone is 2. The zero-order valence-electron chi connectivity index (χ0n) is 11.9. The largest absolute Gasteiger partial charge is 0.416 e. The van der Waals surface area contributed by atoms with Gasteiger partial charge in [-0.25, -0.2) is 0 Å². The van der Waals surface area contributed by atoms with Crippen LogP contribution in [0, 0.1) is 11.8 Å². The quantitative estimate of drug-likeness (QED) is 0.587. The summed E-state index contributed by atoms with van der Waals surface area (Å²) < 4.78 is 38.4. The Bertz CT molecular complexity index is 678. The lowest BCUT2D eigenvalue weighted by molar-refractivity contribution is -0.137. The standard InChI is InChI=1S/C16H14F3NO2/c1-9-5-6-12-13(7-9)15(22)20(14(12)21)11-4-2-3-10(8-11)16(17,18)19/h2-5,8,12-13H,6-7H2,1H3/t12-,13+/m0/s1. The molecule has 1 aliphatic carbocycles. The van der Waals surface area contributed by atoms with E-state index in [1.165, 1.54) is 12.1 Å². The lowest BCUT2D eigenvalue weighted by atomic mass is 9.82. The van der Waals surface area contributed by atoms with Gasteiger partial charge < -0.3 is 0 Å². The number of hydrogen-bond acceptors (Lipinski definition) is 2. The molecule has 1 saturated heterocycles. The molecule has 2 atom stereocenters. The van der Waals surface area contributed by atoms with Crippen LogP contribution in [-0.4, -0.2) is 11.8 Å². The van der Waals surface area contributed by atoms with Crippen LogP contribution in [0.25, 0.3) is 0 Å². The van der Waals surface area contributed by atoms with Crippen LogP contribution >= 0.6 is 0 Å². The van der Waals surface area contributed by atoms with E-state index in [9.17, 15) is 22.8 Å². The van der Waals surface area contributed by atoms with E-state index in [2.05, 4.69) is 0 Å². The topological polar surface area (TPSA) is 37.4 Å². The second-order valence-electron chi connectivity index (χ2n) is 5.76. The third-order valence-corrected chi connectivity index (χ3v) is 4.25. The van der Waals surface area contributed by atoms with Crippen molar-refractivity contribution in [1.82, 2.24) is 0 Å². The number of benzene rings is 1. The van der Waals surface area contributed by atoms with Gasteiger partial charge >= 0.3 is 6.18 Å². The monoisotopic (exact) mass is 309 g/mol. The lowest BCUT2D eigenvalue weighted by Crippen LogP contribution is -2.31. The van der Waals surface area contributed by atoms with E-state index in [-0.39, 0.29) is 5.69 Å². The molecule has 0 unspecified atom stereocenters. The van der Waals surface area contributed by atoms with E-state index < -0.39 is 35.4 Å². The molecule has 3 nitrogen and oxygen atoms in total. The minimum Gasteiger partial charge on any atom is -0.274 e. The first-order valence-electron chi connectivity index (χ1n) is 7.00. The minimum absolute atomic E-state index is 0.00289. The van der Waals surface area contributed by atoms with Gasteiger partial charge in [0.1, 0.15) is 0 Å². The summed E-state index contributed by atoms with van der Waals surface area (Å²) >= 11 is 0. The summed E-state index contributed by atoms with van der Waals surface area (Å²) in [6.07, 6.45) is -1.63. The molecule has 0 radical (unpaired) electrons. The zero-order valence-corrected chi connectivity index (χ0v) is 11.9. The van der Waals surface area contributed by atoms with Crippen molar-refractivity contribution in [1.29, 1.82) is 0 Å². The Morgan fingerprint density at radius 1 is 1.14 bits per heavy atom. The van der Waals surface area contributed by atoms with Crippen LogP contribution < -0.4 is 4.90 Å². The number of carbonyl (C=O) groups excluding carboxylic acids is 2. The van der Waals surface area contributed by atoms with E-state index in [4.69, 9.17) is 0 Å². The Balaban J connectivity index is 1.97. The summed E-state index contributed by atoms with van der Waals surface area (Å²) in [7, 11) is 0. The van der Waals surface area contributed by atoms with E-state index in [1.54, 1.807) is 0 Å². The maximum absolute atomic E-state index is 12.8. The van der Waals surface area contributed by atoms with Gasteiger partial charge in [0.15, 0.2) is 0 Å². The molecule has 1 aromatic carbocycles. The van der Waals surface area contributed by atoms with Crippen LogP contribution in [0.1, 0.15) is 25.3 Å². The molecule has 1 heterocycles. The Morgan fingerprint density at radius 2 is 1.82 bits per heavy atom. The van der Waals surface area contributed by atoms with Crippen LogP contribution in [0.5, 0.6) is 0 Å². The number of fused-ring (bicyclic) bond motifs is 1. The predicted octanol–water partition coefficient (Wildman–Crippen LogP) is 3.55. The summed E-state index contributed by atoms with van der Waals surface area (Å²) in [5, 5.41) is 0. The number of imide groups is 1. The Kier molecular flexibility index (Phi) is 3.34. The molecular formula is C16H14F3NO2. The average molecular weight is 309 g/mol. The normalized spacial score (nSPS) is 25.3. The molecule has 22 heavy (non-hydrogen) atoms. The number of hydrogen-bond donors (Lipinski definition) is 0. The van der Waals surface area contributed by atoms with Crippen LogP contribution in [0.2, 0.25) is 0 Å². The fourth-order valence-corrected chi connectivity index (χ4v) is 3.11. The second-order valence-corrected chi connectivity index (χ2v) is 5.76. The molecule has 2 amide bonds. The Morgan fingerprint density at radius 3 is 2.50 bits per heavy atom. The lowest BCUT2D eigenvalue weighted by Gasteiger charge is -2.18. The molecule has 0 N–H and O–H groups in total. The average Bonchev–Trinajstić information content (AvgIpc) is 2.69. The molecule has 0 bridgehead atoms. The molecule has 1 fully saturated rings. The van der Waals surface area contributed by atoms with Gasteiger partial charge in [0, 0.05) is 0 Å². The van der Waals surface area contributed by atoms with E-state index >= 15 is 0 Å². The highest BCUT2D eigenvalue weighted by Crippen LogP contribution is 2.40. The van der Waals surface area contributed by atoms with Crippen molar-refractivity contribution in [3.8, 4) is 0 Å². The van der Waals surface area contributed by atoms with Gasteiger partial charge in [0.25, 0.3) is 0 Å². The fourth-order valence-electron chi connectivity index (χ4n) is 3.11. The number of nitrogens with zero attached hydrogens (tertiary/aromatic N) is 1. The van der Waals surface area contributed by atoms with Gasteiger partial charge in [0.05, 0.1) is 23.1 Å². The summed E-state index contributed by atoms with van der Waals surface area (Å²) in [6, 6.07) is 4.35. The first kappa shape index (κ1) is 14.8. The van der Waals surface area contributed by atoms with Crippen molar-refractivity contribution in [2.75, 3.05) is 4.90 Å². The SMILES string of the molecule is CC1=CC[C@@H]2C(=O)N(c3cccc(C(F)(F)F)c3)C(=O)[C@@H]2C1. The van der Waals surface area contributed by atoms with Crippen LogP contribution in [0.3, 0.4) is 0 Å². The van der Waals surface area contributed by atoms with E-state index in [0.29, 0.717) is 12.8 Å².